The van der Waals surface area contributed by atoms with Crippen LogP contribution in [0.15, 0.2) is 51.4 Å². The number of nitrogens with one attached hydrogen (secondary N) is 1. The van der Waals surface area contributed by atoms with Crippen LogP contribution in [0.4, 0.5) is 5.69 Å². The normalized spacial score (nSPS) is 12.2. The van der Waals surface area contributed by atoms with E-state index in [2.05, 4.69) is 93.5 Å². The van der Waals surface area contributed by atoms with E-state index < -0.39 is 0 Å². The van der Waals surface area contributed by atoms with E-state index in [1.54, 1.807) is 0 Å². The molecule has 0 aliphatic heterocycles. The molecule has 3 heteroatoms. The Kier molecular flexibility index (Phi) is 5.06. The highest BCUT2D eigenvalue weighted by Crippen LogP contribution is 2.24. The molecule has 2 rings (SSSR count). The van der Waals surface area contributed by atoms with Crippen LogP contribution in [0.25, 0.3) is 0 Å². The molecular weight excluding hydrogens is 366 g/mol. The van der Waals surface area contributed by atoms with Crippen LogP contribution < -0.4 is 5.32 Å². The van der Waals surface area contributed by atoms with E-state index in [0.717, 1.165) is 21.1 Å². The highest BCUT2D eigenvalue weighted by molar-refractivity contribution is 9.10. The topological polar surface area (TPSA) is 12.0 Å². The van der Waals surface area contributed by atoms with Gasteiger partial charge in [0.15, 0.2) is 0 Å². The SMILES string of the molecule is Cc1ccc(NC(C)Cc2ccc(Br)cc2)c(Br)c1. The fraction of sp³-hybridized carbons (Fsp3) is 0.250. The molecule has 2 aromatic rings. The summed E-state index contributed by atoms with van der Waals surface area (Å²) in [4.78, 5) is 0. The number of anilines is 1. The molecule has 0 amide bonds. The molecule has 0 heterocycles. The van der Waals surface area contributed by atoms with E-state index in [-0.39, 0.29) is 0 Å². The third-order valence-electron chi connectivity index (χ3n) is 2.98. The molecule has 1 N–H and O–H groups in total. The molecule has 0 aliphatic rings. The summed E-state index contributed by atoms with van der Waals surface area (Å²) in [6.45, 7) is 4.30. The Morgan fingerprint density at radius 1 is 1.05 bits per heavy atom. The summed E-state index contributed by atoms with van der Waals surface area (Å²) in [5.41, 5.74) is 3.75. The lowest BCUT2D eigenvalue weighted by molar-refractivity contribution is 0.789. The molecule has 0 spiro atoms. The van der Waals surface area contributed by atoms with Crippen LogP contribution in [0, 0.1) is 6.92 Å². The summed E-state index contributed by atoms with van der Waals surface area (Å²) in [7, 11) is 0. The van der Waals surface area contributed by atoms with Crippen molar-refractivity contribution < 1.29 is 0 Å². The molecule has 2 aromatic carbocycles. The minimum Gasteiger partial charge on any atom is -0.381 e. The van der Waals surface area contributed by atoms with E-state index in [9.17, 15) is 0 Å². The van der Waals surface area contributed by atoms with E-state index >= 15 is 0 Å². The van der Waals surface area contributed by atoms with Gasteiger partial charge in [0, 0.05) is 20.7 Å². The van der Waals surface area contributed by atoms with Crippen molar-refractivity contribution in [1.82, 2.24) is 0 Å². The van der Waals surface area contributed by atoms with Gasteiger partial charge in [0.2, 0.25) is 0 Å². The molecule has 0 aromatic heterocycles. The molecule has 1 atom stereocenters. The first kappa shape index (κ1) is 14.6. The van der Waals surface area contributed by atoms with Crippen LogP contribution in [0.1, 0.15) is 18.1 Å². The quantitative estimate of drug-likeness (QED) is 0.729. The minimum absolute atomic E-state index is 0.389. The van der Waals surface area contributed by atoms with Gasteiger partial charge < -0.3 is 5.32 Å². The summed E-state index contributed by atoms with van der Waals surface area (Å²) < 4.78 is 2.24. The number of hydrogen-bond donors (Lipinski definition) is 1. The van der Waals surface area contributed by atoms with Crippen LogP contribution in [-0.4, -0.2) is 6.04 Å². The van der Waals surface area contributed by atoms with Gasteiger partial charge in [-0.05, 0) is 71.6 Å². The number of benzene rings is 2. The smallest absolute Gasteiger partial charge is 0.0486 e. The maximum atomic E-state index is 3.60. The van der Waals surface area contributed by atoms with E-state index in [1.165, 1.54) is 11.1 Å². The molecule has 1 unspecified atom stereocenters. The second-order valence-electron chi connectivity index (χ2n) is 4.86. The summed E-state index contributed by atoms with van der Waals surface area (Å²) in [6.07, 6.45) is 1.01. The highest BCUT2D eigenvalue weighted by Gasteiger charge is 2.06. The van der Waals surface area contributed by atoms with Gasteiger partial charge >= 0.3 is 0 Å². The van der Waals surface area contributed by atoms with Crippen molar-refractivity contribution in [2.45, 2.75) is 26.3 Å². The van der Waals surface area contributed by atoms with Gasteiger partial charge in [-0.25, -0.2) is 0 Å². The average Bonchev–Trinajstić information content (AvgIpc) is 2.36. The van der Waals surface area contributed by atoms with Crippen LogP contribution in [0.2, 0.25) is 0 Å². The van der Waals surface area contributed by atoms with Gasteiger partial charge in [0.1, 0.15) is 0 Å². The first-order chi connectivity index (χ1) is 9.04. The second-order valence-corrected chi connectivity index (χ2v) is 6.63. The van der Waals surface area contributed by atoms with Crippen molar-refractivity contribution in [3.63, 3.8) is 0 Å². The number of halogens is 2. The number of aryl methyl sites for hydroxylation is 1. The zero-order chi connectivity index (χ0) is 13.8. The molecule has 0 saturated carbocycles. The van der Waals surface area contributed by atoms with Crippen molar-refractivity contribution in [2.75, 3.05) is 5.32 Å². The third kappa shape index (κ3) is 4.36. The Morgan fingerprint density at radius 3 is 2.37 bits per heavy atom. The fourth-order valence-corrected chi connectivity index (χ4v) is 2.90. The first-order valence-corrected chi connectivity index (χ1v) is 7.90. The first-order valence-electron chi connectivity index (χ1n) is 6.32. The predicted molar refractivity (Wildman–Crippen MR) is 89.8 cm³/mol. The highest BCUT2D eigenvalue weighted by atomic mass is 79.9. The van der Waals surface area contributed by atoms with E-state index in [0.29, 0.717) is 6.04 Å². The Bertz CT molecular complexity index is 549. The Labute approximate surface area is 131 Å². The fourth-order valence-electron chi connectivity index (χ4n) is 2.03. The van der Waals surface area contributed by atoms with Gasteiger partial charge in [-0.3, -0.25) is 0 Å². The summed E-state index contributed by atoms with van der Waals surface area (Å²) >= 11 is 7.06. The third-order valence-corrected chi connectivity index (χ3v) is 4.17. The molecule has 1 nitrogen and oxygen atoms in total. The van der Waals surface area contributed by atoms with Crippen LogP contribution in [0.5, 0.6) is 0 Å². The van der Waals surface area contributed by atoms with Crippen molar-refractivity contribution in [2.24, 2.45) is 0 Å². The molecule has 100 valence electrons. The standard InChI is InChI=1S/C16H17Br2N/c1-11-3-8-16(15(18)9-11)19-12(2)10-13-4-6-14(17)7-5-13/h3-9,12,19H,10H2,1-2H3. The Morgan fingerprint density at radius 2 is 1.74 bits per heavy atom. The molecule has 0 radical (unpaired) electrons. The number of rotatable bonds is 4. The molecule has 19 heavy (non-hydrogen) atoms. The van der Waals surface area contributed by atoms with Gasteiger partial charge in [-0.2, -0.15) is 0 Å². The Balaban J connectivity index is 2.01. The van der Waals surface area contributed by atoms with Gasteiger partial charge in [-0.1, -0.05) is 34.1 Å². The van der Waals surface area contributed by atoms with E-state index in [4.69, 9.17) is 0 Å². The molecule has 0 saturated heterocycles. The van der Waals surface area contributed by atoms with Crippen molar-refractivity contribution in [1.29, 1.82) is 0 Å². The van der Waals surface area contributed by atoms with Crippen LogP contribution in [0.3, 0.4) is 0 Å². The molecule has 0 bridgehead atoms. The van der Waals surface area contributed by atoms with Crippen LogP contribution in [-0.2, 0) is 6.42 Å². The Hall–Kier alpha value is -0.800. The lowest BCUT2D eigenvalue weighted by Gasteiger charge is -2.17. The van der Waals surface area contributed by atoms with Gasteiger partial charge in [0.25, 0.3) is 0 Å². The zero-order valence-electron chi connectivity index (χ0n) is 11.1. The molecular formula is C16H17Br2N. The van der Waals surface area contributed by atoms with Crippen molar-refractivity contribution in [3.8, 4) is 0 Å². The van der Waals surface area contributed by atoms with Gasteiger partial charge in [-0.15, -0.1) is 0 Å². The average molecular weight is 383 g/mol. The monoisotopic (exact) mass is 381 g/mol. The summed E-state index contributed by atoms with van der Waals surface area (Å²) in [6, 6.07) is 15.3. The van der Waals surface area contributed by atoms with Gasteiger partial charge in [0.05, 0.1) is 0 Å². The van der Waals surface area contributed by atoms with Crippen molar-refractivity contribution in [3.05, 3.63) is 62.5 Å². The molecule has 0 aliphatic carbocycles. The summed E-state index contributed by atoms with van der Waals surface area (Å²) in [5.74, 6) is 0. The largest absolute Gasteiger partial charge is 0.381 e. The predicted octanol–water partition coefficient (Wildman–Crippen LogP) is 5.56. The number of hydrogen-bond acceptors (Lipinski definition) is 1. The van der Waals surface area contributed by atoms with Crippen molar-refractivity contribution >= 4 is 37.5 Å². The lowest BCUT2D eigenvalue weighted by atomic mass is 10.1. The molecule has 0 fully saturated rings. The summed E-state index contributed by atoms with van der Waals surface area (Å²) in [5, 5.41) is 3.54. The lowest BCUT2D eigenvalue weighted by Crippen LogP contribution is -2.18. The zero-order valence-corrected chi connectivity index (χ0v) is 14.3. The minimum atomic E-state index is 0.389. The maximum Gasteiger partial charge on any atom is 0.0486 e. The second kappa shape index (κ2) is 6.58. The van der Waals surface area contributed by atoms with Crippen LogP contribution >= 0.6 is 31.9 Å². The van der Waals surface area contributed by atoms with E-state index in [1.807, 2.05) is 0 Å². The maximum absolute atomic E-state index is 3.60.